The van der Waals surface area contributed by atoms with Gasteiger partial charge in [-0.1, -0.05) is 6.07 Å². The highest BCUT2D eigenvalue weighted by molar-refractivity contribution is 5.89. The molecule has 0 aliphatic carbocycles. The summed E-state index contributed by atoms with van der Waals surface area (Å²) in [6, 6.07) is 11.3. The molecule has 0 bridgehead atoms. The van der Waals surface area contributed by atoms with Gasteiger partial charge in [0.1, 0.15) is 12.3 Å². The molecule has 36 heavy (non-hydrogen) atoms. The molecule has 0 unspecified atom stereocenters. The topological polar surface area (TPSA) is 82.3 Å². The Bertz CT molecular complexity index is 1540. The number of amides is 1. The third-order valence-corrected chi connectivity index (χ3v) is 5.55. The van der Waals surface area contributed by atoms with Crippen LogP contribution in [0.1, 0.15) is 11.3 Å². The lowest BCUT2D eigenvalue weighted by atomic mass is 10.2. The van der Waals surface area contributed by atoms with Gasteiger partial charge < -0.3 is 4.74 Å². The molecule has 1 fully saturated rings. The van der Waals surface area contributed by atoms with E-state index in [2.05, 4.69) is 10.2 Å². The summed E-state index contributed by atoms with van der Waals surface area (Å²) in [7, 11) is 0. The van der Waals surface area contributed by atoms with Gasteiger partial charge in [0.15, 0.2) is 11.5 Å². The number of ether oxygens (including phenoxy) is 1. The number of alkyl halides is 3. The predicted molar refractivity (Wildman–Crippen MR) is 121 cm³/mol. The van der Waals surface area contributed by atoms with Crippen LogP contribution in [-0.4, -0.2) is 38.8 Å². The van der Waals surface area contributed by atoms with E-state index in [1.807, 2.05) is 0 Å². The molecule has 0 radical (unpaired) electrons. The number of anilines is 1. The number of carbonyl (C=O) groups is 1. The minimum absolute atomic E-state index is 0.00517. The number of benzene rings is 2. The fourth-order valence-electron chi connectivity index (χ4n) is 3.88. The summed E-state index contributed by atoms with van der Waals surface area (Å²) in [5, 5.41) is 8.50. The van der Waals surface area contributed by atoms with Crippen LogP contribution in [0.2, 0.25) is 0 Å². The second-order valence-electron chi connectivity index (χ2n) is 8.01. The molecule has 1 aliphatic rings. The summed E-state index contributed by atoms with van der Waals surface area (Å²) in [5.74, 6) is -0.711. The molecule has 1 aliphatic heterocycles. The van der Waals surface area contributed by atoms with Gasteiger partial charge >= 0.3 is 12.3 Å². The average molecular weight is 499 g/mol. The Labute approximate surface area is 201 Å². The molecule has 2 aromatic heterocycles. The van der Waals surface area contributed by atoms with Crippen molar-refractivity contribution >= 4 is 11.8 Å². The number of cyclic esters (lactones) is 1. The van der Waals surface area contributed by atoms with Crippen molar-refractivity contribution in [3.63, 3.8) is 0 Å². The lowest BCUT2D eigenvalue weighted by Crippen LogP contribution is -2.23. The first-order valence-corrected chi connectivity index (χ1v) is 10.7. The van der Waals surface area contributed by atoms with E-state index in [9.17, 15) is 22.8 Å². The summed E-state index contributed by atoms with van der Waals surface area (Å²) in [6.45, 7) is 2.11. The van der Waals surface area contributed by atoms with Crippen LogP contribution in [0.25, 0.3) is 22.8 Å². The van der Waals surface area contributed by atoms with Gasteiger partial charge in [0, 0.05) is 12.3 Å². The van der Waals surface area contributed by atoms with Crippen molar-refractivity contribution in [2.75, 3.05) is 18.1 Å². The lowest BCUT2D eigenvalue weighted by Gasteiger charge is -2.15. The van der Waals surface area contributed by atoms with Crippen LogP contribution in [0, 0.1) is 12.7 Å². The van der Waals surface area contributed by atoms with E-state index in [0.717, 1.165) is 22.9 Å². The minimum Gasteiger partial charge on any atom is -0.447 e. The van der Waals surface area contributed by atoms with E-state index in [4.69, 9.17) is 4.74 Å². The third kappa shape index (κ3) is 4.21. The van der Waals surface area contributed by atoms with Crippen molar-refractivity contribution < 1.29 is 27.1 Å². The van der Waals surface area contributed by atoms with Gasteiger partial charge in [-0.3, -0.25) is 9.69 Å². The Balaban J connectivity index is 1.58. The van der Waals surface area contributed by atoms with Gasteiger partial charge in [-0.15, -0.1) is 0 Å². The zero-order valence-electron chi connectivity index (χ0n) is 18.7. The molecular weight excluding hydrogens is 482 g/mol. The van der Waals surface area contributed by atoms with E-state index >= 15 is 4.39 Å². The van der Waals surface area contributed by atoms with E-state index in [1.54, 1.807) is 6.92 Å². The number of hydrogen-bond donors (Lipinski definition) is 0. The van der Waals surface area contributed by atoms with Crippen LogP contribution in [0.15, 0.2) is 65.6 Å². The molecule has 2 aromatic carbocycles. The molecule has 0 atom stereocenters. The normalized spacial score (nSPS) is 13.8. The van der Waals surface area contributed by atoms with Crippen molar-refractivity contribution in [2.24, 2.45) is 0 Å². The summed E-state index contributed by atoms with van der Waals surface area (Å²) >= 11 is 0. The molecule has 8 nitrogen and oxygen atoms in total. The maximum atomic E-state index is 15.0. The van der Waals surface area contributed by atoms with Gasteiger partial charge in [-0.2, -0.15) is 23.4 Å². The van der Waals surface area contributed by atoms with Gasteiger partial charge in [0.2, 0.25) is 5.43 Å². The average Bonchev–Trinajstić information content (AvgIpc) is 3.44. The van der Waals surface area contributed by atoms with Crippen molar-refractivity contribution in [3.05, 3.63) is 88.1 Å². The summed E-state index contributed by atoms with van der Waals surface area (Å²) < 4.78 is 61.9. The maximum absolute atomic E-state index is 15.0. The number of rotatable bonds is 4. The molecule has 184 valence electrons. The number of aryl methyl sites for hydroxylation is 1. The fourth-order valence-corrected chi connectivity index (χ4v) is 3.88. The van der Waals surface area contributed by atoms with Gasteiger partial charge in [0.05, 0.1) is 34.9 Å². The molecule has 0 spiro atoms. The van der Waals surface area contributed by atoms with Crippen molar-refractivity contribution in [2.45, 2.75) is 13.1 Å². The number of hydrogen-bond acceptors (Lipinski definition) is 5. The number of aromatic nitrogens is 4. The monoisotopic (exact) mass is 499 g/mol. The van der Waals surface area contributed by atoms with Crippen LogP contribution < -0.4 is 10.3 Å². The summed E-state index contributed by atoms with van der Waals surface area (Å²) in [4.78, 5) is 25.8. The summed E-state index contributed by atoms with van der Waals surface area (Å²) in [5.41, 5.74) is -0.583. The van der Waals surface area contributed by atoms with E-state index in [-0.39, 0.29) is 35.9 Å². The molecule has 4 aromatic rings. The van der Waals surface area contributed by atoms with Gasteiger partial charge in [-0.05, 0) is 49.4 Å². The number of halogens is 4. The maximum Gasteiger partial charge on any atom is 0.416 e. The molecule has 5 rings (SSSR count). The quantitative estimate of drug-likeness (QED) is 0.386. The second-order valence-corrected chi connectivity index (χ2v) is 8.01. The van der Waals surface area contributed by atoms with Crippen molar-refractivity contribution in [1.82, 2.24) is 19.6 Å². The van der Waals surface area contributed by atoms with Gasteiger partial charge in [-0.25, -0.2) is 18.5 Å². The largest absolute Gasteiger partial charge is 0.447 e. The van der Waals surface area contributed by atoms with Crippen LogP contribution in [0.4, 0.5) is 28.0 Å². The van der Waals surface area contributed by atoms with Crippen molar-refractivity contribution in [3.8, 4) is 22.8 Å². The van der Waals surface area contributed by atoms with E-state index < -0.39 is 29.1 Å². The van der Waals surface area contributed by atoms with E-state index in [1.165, 1.54) is 52.2 Å². The number of carbonyl (C=O) groups excluding carboxylic acids is 1. The predicted octanol–water partition coefficient (Wildman–Crippen LogP) is 4.51. The van der Waals surface area contributed by atoms with Gasteiger partial charge in [0.25, 0.3) is 0 Å². The highest BCUT2D eigenvalue weighted by atomic mass is 19.4. The van der Waals surface area contributed by atoms with Crippen LogP contribution >= 0.6 is 0 Å². The Morgan fingerprint density at radius 2 is 1.78 bits per heavy atom. The second kappa shape index (κ2) is 8.63. The van der Waals surface area contributed by atoms with E-state index in [0.29, 0.717) is 11.4 Å². The Morgan fingerprint density at radius 1 is 0.972 bits per heavy atom. The fraction of sp³-hybridized carbons (Fsp3) is 0.167. The molecule has 1 saturated heterocycles. The molecule has 3 heterocycles. The SMILES string of the molecule is Cc1cc(-c2nn(-c3ccc(N4CCOC4=O)cc3F)ccc2=O)n(-c2cccc(C(F)(F)F)c2)n1. The summed E-state index contributed by atoms with van der Waals surface area (Å²) in [6.07, 6.45) is -3.87. The molecule has 12 heteroatoms. The first-order chi connectivity index (χ1) is 17.1. The first kappa shape index (κ1) is 23.3. The van der Waals surface area contributed by atoms with Crippen LogP contribution in [-0.2, 0) is 10.9 Å². The minimum atomic E-state index is -4.56. The molecule has 1 amide bonds. The highest BCUT2D eigenvalue weighted by Gasteiger charge is 2.31. The molecular formula is C24H17F4N5O3. The highest BCUT2D eigenvalue weighted by Crippen LogP contribution is 2.31. The molecule has 0 saturated carbocycles. The smallest absolute Gasteiger partial charge is 0.416 e. The Morgan fingerprint density at radius 3 is 2.47 bits per heavy atom. The zero-order valence-corrected chi connectivity index (χ0v) is 18.7. The lowest BCUT2D eigenvalue weighted by molar-refractivity contribution is -0.137. The standard InChI is InChI=1S/C24H17F4N5O3/c1-14-11-20(33(29-14)17-4-2-3-15(12-17)24(26,27)28)22-21(34)7-8-32(30-22)19-6-5-16(13-18(19)25)31-9-10-36-23(31)35/h2-8,11-13H,9-10H2,1H3. The zero-order chi connectivity index (χ0) is 25.6. The first-order valence-electron chi connectivity index (χ1n) is 10.7. The Hall–Kier alpha value is -4.48. The molecule has 0 N–H and O–H groups in total. The van der Waals surface area contributed by atoms with Crippen molar-refractivity contribution in [1.29, 1.82) is 0 Å². The Kier molecular flexibility index (Phi) is 5.58. The van der Waals surface area contributed by atoms with Crippen LogP contribution in [0.3, 0.4) is 0 Å². The third-order valence-electron chi connectivity index (χ3n) is 5.55. The van der Waals surface area contributed by atoms with Crippen LogP contribution in [0.5, 0.6) is 0 Å². The number of nitrogens with zero attached hydrogens (tertiary/aromatic N) is 5.